The number of morpholine rings is 1. The Hall–Kier alpha value is -2.24. The van der Waals surface area contributed by atoms with Gasteiger partial charge in [-0.3, -0.25) is 14.3 Å². The minimum Gasteiger partial charge on any atom is -0.373 e. The van der Waals surface area contributed by atoms with Gasteiger partial charge in [-0.2, -0.15) is 0 Å². The van der Waals surface area contributed by atoms with Gasteiger partial charge in [-0.1, -0.05) is 30.3 Å². The van der Waals surface area contributed by atoms with E-state index in [1.54, 1.807) is 7.05 Å². The molecule has 1 aromatic carbocycles. The van der Waals surface area contributed by atoms with Crippen LogP contribution < -0.4 is 10.6 Å². The topological polar surface area (TPSA) is 79.1 Å². The second-order valence-corrected chi connectivity index (χ2v) is 8.09. The van der Waals surface area contributed by atoms with Gasteiger partial charge in [0.2, 0.25) is 0 Å². The minimum atomic E-state index is 0. The maximum absolute atomic E-state index is 5.83. The number of ether oxygens (including phenoxy) is 1. The van der Waals surface area contributed by atoms with Crippen molar-refractivity contribution in [1.82, 2.24) is 30.1 Å². The molecule has 172 valence electrons. The molecule has 8 nitrogen and oxygen atoms in total. The summed E-state index contributed by atoms with van der Waals surface area (Å²) in [6, 6.07) is 14.6. The van der Waals surface area contributed by atoms with Gasteiger partial charge in [-0.15, -0.1) is 34.2 Å². The highest BCUT2D eigenvalue weighted by Crippen LogP contribution is 2.14. The SMILES string of the molecule is CN=C(NCc1ccc(CN2CC(C)OC(C)C2)cc1)NCc1nnc2ccccn12.I. The van der Waals surface area contributed by atoms with Gasteiger partial charge in [0.1, 0.15) is 0 Å². The number of nitrogens with zero attached hydrogens (tertiary/aromatic N) is 5. The molecule has 9 heteroatoms. The maximum Gasteiger partial charge on any atom is 0.191 e. The molecule has 0 saturated carbocycles. The Labute approximate surface area is 206 Å². The zero-order valence-electron chi connectivity index (χ0n) is 18.9. The molecule has 3 aromatic rings. The Morgan fingerprint density at radius 3 is 2.41 bits per heavy atom. The molecule has 0 radical (unpaired) electrons. The van der Waals surface area contributed by atoms with Crippen LogP contribution in [0.3, 0.4) is 0 Å². The minimum absolute atomic E-state index is 0. The van der Waals surface area contributed by atoms with Crippen LogP contribution in [0.1, 0.15) is 30.8 Å². The zero-order chi connectivity index (χ0) is 21.6. The predicted octanol–water partition coefficient (Wildman–Crippen LogP) is 2.82. The Balaban J connectivity index is 0.00000289. The lowest BCUT2D eigenvalue weighted by Crippen LogP contribution is -2.44. The lowest BCUT2D eigenvalue weighted by Gasteiger charge is -2.35. The number of aromatic nitrogens is 3. The lowest BCUT2D eigenvalue weighted by atomic mass is 10.1. The number of aliphatic imine (C=N–C) groups is 1. The van der Waals surface area contributed by atoms with Gasteiger partial charge in [0.05, 0.1) is 18.8 Å². The number of benzene rings is 1. The van der Waals surface area contributed by atoms with E-state index in [0.717, 1.165) is 37.1 Å². The van der Waals surface area contributed by atoms with Crippen LogP contribution in [0.15, 0.2) is 53.7 Å². The van der Waals surface area contributed by atoms with Crippen molar-refractivity contribution in [2.24, 2.45) is 4.99 Å². The van der Waals surface area contributed by atoms with Crippen LogP contribution in [0.25, 0.3) is 5.65 Å². The molecule has 3 heterocycles. The molecular weight excluding hydrogens is 517 g/mol. The summed E-state index contributed by atoms with van der Waals surface area (Å²) in [6.07, 6.45) is 2.55. The lowest BCUT2D eigenvalue weighted by molar-refractivity contribution is -0.0704. The van der Waals surface area contributed by atoms with Gasteiger partial charge >= 0.3 is 0 Å². The molecule has 2 aromatic heterocycles. The first-order valence-electron chi connectivity index (χ1n) is 10.8. The molecule has 1 aliphatic rings. The summed E-state index contributed by atoms with van der Waals surface area (Å²) in [6.45, 7) is 8.45. The fourth-order valence-electron chi connectivity index (χ4n) is 4.01. The predicted molar refractivity (Wildman–Crippen MR) is 137 cm³/mol. The Kier molecular flexibility index (Phi) is 8.83. The van der Waals surface area contributed by atoms with E-state index in [4.69, 9.17) is 4.74 Å². The van der Waals surface area contributed by atoms with Crippen molar-refractivity contribution >= 4 is 35.6 Å². The summed E-state index contributed by atoms with van der Waals surface area (Å²) in [4.78, 5) is 6.77. The summed E-state index contributed by atoms with van der Waals surface area (Å²) in [5.41, 5.74) is 3.37. The summed E-state index contributed by atoms with van der Waals surface area (Å²) in [5, 5.41) is 15.1. The van der Waals surface area contributed by atoms with Crippen molar-refractivity contribution < 1.29 is 4.74 Å². The van der Waals surface area contributed by atoms with Crippen LogP contribution in [0.5, 0.6) is 0 Å². The highest BCUT2D eigenvalue weighted by atomic mass is 127. The number of halogens is 1. The number of nitrogens with one attached hydrogen (secondary N) is 2. The van der Waals surface area contributed by atoms with E-state index in [9.17, 15) is 0 Å². The number of hydrogen-bond donors (Lipinski definition) is 2. The first-order valence-corrected chi connectivity index (χ1v) is 10.8. The average molecular weight is 549 g/mol. The molecular formula is C23H32IN7O. The van der Waals surface area contributed by atoms with E-state index in [1.807, 2.05) is 28.8 Å². The molecule has 2 N–H and O–H groups in total. The van der Waals surface area contributed by atoms with Gasteiger partial charge in [0.25, 0.3) is 0 Å². The molecule has 1 fully saturated rings. The largest absolute Gasteiger partial charge is 0.373 e. The Bertz CT molecular complexity index is 1010. The normalized spacial score (nSPS) is 19.5. The van der Waals surface area contributed by atoms with Gasteiger partial charge in [0.15, 0.2) is 17.4 Å². The third-order valence-corrected chi connectivity index (χ3v) is 5.41. The third-order valence-electron chi connectivity index (χ3n) is 5.41. The van der Waals surface area contributed by atoms with Crippen LogP contribution in [-0.4, -0.2) is 57.8 Å². The van der Waals surface area contributed by atoms with Crippen molar-refractivity contribution in [2.45, 2.75) is 45.7 Å². The molecule has 0 spiro atoms. The summed E-state index contributed by atoms with van der Waals surface area (Å²) < 4.78 is 7.79. The molecule has 2 atom stereocenters. The number of rotatable bonds is 6. The van der Waals surface area contributed by atoms with Crippen molar-refractivity contribution in [2.75, 3.05) is 20.1 Å². The maximum atomic E-state index is 5.83. The van der Waals surface area contributed by atoms with Gasteiger partial charge < -0.3 is 15.4 Å². The first-order chi connectivity index (χ1) is 15.1. The zero-order valence-corrected chi connectivity index (χ0v) is 21.2. The second kappa shape index (κ2) is 11.6. The smallest absolute Gasteiger partial charge is 0.191 e. The highest BCUT2D eigenvalue weighted by molar-refractivity contribution is 14.0. The molecule has 1 aliphatic heterocycles. The van der Waals surface area contributed by atoms with Gasteiger partial charge in [-0.05, 0) is 37.1 Å². The van der Waals surface area contributed by atoms with Crippen molar-refractivity contribution in [1.29, 1.82) is 0 Å². The fraction of sp³-hybridized carbons (Fsp3) is 0.435. The van der Waals surface area contributed by atoms with Crippen LogP contribution in [0.2, 0.25) is 0 Å². The van der Waals surface area contributed by atoms with Crippen LogP contribution >= 0.6 is 24.0 Å². The van der Waals surface area contributed by atoms with Gasteiger partial charge in [0, 0.05) is 39.4 Å². The average Bonchev–Trinajstić information content (AvgIpc) is 3.17. The Morgan fingerprint density at radius 2 is 1.69 bits per heavy atom. The highest BCUT2D eigenvalue weighted by Gasteiger charge is 2.21. The quantitative estimate of drug-likeness (QED) is 0.280. The molecule has 0 bridgehead atoms. The molecule has 0 amide bonds. The van der Waals surface area contributed by atoms with Crippen molar-refractivity contribution in [3.8, 4) is 0 Å². The molecule has 0 aliphatic carbocycles. The summed E-state index contributed by atoms with van der Waals surface area (Å²) >= 11 is 0. The van der Waals surface area contributed by atoms with E-state index < -0.39 is 0 Å². The molecule has 32 heavy (non-hydrogen) atoms. The molecule has 2 unspecified atom stereocenters. The van der Waals surface area contributed by atoms with E-state index in [2.05, 4.69) is 68.8 Å². The van der Waals surface area contributed by atoms with E-state index >= 15 is 0 Å². The Morgan fingerprint density at radius 1 is 1.00 bits per heavy atom. The summed E-state index contributed by atoms with van der Waals surface area (Å²) in [5.74, 6) is 1.57. The van der Waals surface area contributed by atoms with E-state index in [-0.39, 0.29) is 24.0 Å². The van der Waals surface area contributed by atoms with Crippen LogP contribution in [0, 0.1) is 0 Å². The summed E-state index contributed by atoms with van der Waals surface area (Å²) in [7, 11) is 1.77. The standard InChI is InChI=1S/C23H31N7O.HI/c1-17-14-29(15-18(2)31-17)16-20-9-7-19(8-10-20)12-25-23(24-3)26-13-22-28-27-21-6-4-5-11-30(21)22;/h4-11,17-18H,12-16H2,1-3H3,(H2,24,25,26);1H. The molecule has 4 rings (SSSR count). The van der Waals surface area contributed by atoms with Crippen molar-refractivity contribution in [3.05, 3.63) is 65.6 Å². The fourth-order valence-corrected chi connectivity index (χ4v) is 4.01. The van der Waals surface area contributed by atoms with E-state index in [0.29, 0.717) is 25.3 Å². The van der Waals surface area contributed by atoms with Crippen LogP contribution in [-0.2, 0) is 24.4 Å². The number of guanidine groups is 1. The van der Waals surface area contributed by atoms with E-state index in [1.165, 1.54) is 11.1 Å². The molecule has 1 saturated heterocycles. The van der Waals surface area contributed by atoms with Crippen molar-refractivity contribution in [3.63, 3.8) is 0 Å². The van der Waals surface area contributed by atoms with Crippen LogP contribution in [0.4, 0.5) is 0 Å². The second-order valence-electron chi connectivity index (χ2n) is 8.09. The number of hydrogen-bond acceptors (Lipinski definition) is 5. The first kappa shape index (κ1) is 24.4. The number of fused-ring (bicyclic) bond motifs is 1. The monoisotopic (exact) mass is 549 g/mol. The third kappa shape index (κ3) is 6.39. The van der Waals surface area contributed by atoms with Gasteiger partial charge in [-0.25, -0.2) is 0 Å². The number of pyridine rings is 1.